The Bertz CT molecular complexity index is 750. The average molecular weight is 371 g/mol. The number of nitrogens with one attached hydrogen (secondary N) is 1. The third-order valence-electron chi connectivity index (χ3n) is 4.57. The molecule has 0 radical (unpaired) electrons. The van der Waals surface area contributed by atoms with Crippen molar-refractivity contribution in [1.29, 1.82) is 0 Å². The van der Waals surface area contributed by atoms with Gasteiger partial charge in [0.05, 0.1) is 18.8 Å². The van der Waals surface area contributed by atoms with E-state index in [-0.39, 0.29) is 5.91 Å². The molecule has 4 nitrogen and oxygen atoms in total. The molecule has 1 aliphatic rings. The molecule has 0 unspecified atom stereocenters. The van der Waals surface area contributed by atoms with Gasteiger partial charge in [-0.1, -0.05) is 43.3 Å². The molecule has 0 aromatic heterocycles. The number of amides is 1. The number of hydrogen-bond acceptors (Lipinski definition) is 4. The lowest BCUT2D eigenvalue weighted by molar-refractivity contribution is -0.119. The lowest BCUT2D eigenvalue weighted by atomic mass is 10.1. The van der Waals surface area contributed by atoms with Gasteiger partial charge in [-0.3, -0.25) is 4.79 Å². The molecule has 1 atom stereocenters. The van der Waals surface area contributed by atoms with Gasteiger partial charge in [0, 0.05) is 30.3 Å². The highest BCUT2D eigenvalue weighted by Crippen LogP contribution is 2.36. The maximum atomic E-state index is 12.6. The van der Waals surface area contributed by atoms with Crippen LogP contribution in [0.4, 0.5) is 5.69 Å². The number of anilines is 1. The number of nitrogens with zero attached hydrogens (tertiary/aromatic N) is 1. The molecule has 1 N–H and O–H groups in total. The Kier molecular flexibility index (Phi) is 6.58. The minimum atomic E-state index is 0.0478. The number of hydrogen-bond donors (Lipinski definition) is 1. The molecule has 0 spiro atoms. The van der Waals surface area contributed by atoms with Crippen LogP contribution in [-0.4, -0.2) is 31.4 Å². The van der Waals surface area contributed by atoms with Crippen LogP contribution in [0.25, 0.3) is 0 Å². The van der Waals surface area contributed by atoms with Gasteiger partial charge in [0.1, 0.15) is 0 Å². The second-order valence-electron chi connectivity index (χ2n) is 6.58. The van der Waals surface area contributed by atoms with Gasteiger partial charge in [-0.15, -0.1) is 11.8 Å². The molecule has 1 aliphatic heterocycles. The first-order chi connectivity index (χ1) is 12.7. The van der Waals surface area contributed by atoms with Crippen molar-refractivity contribution < 1.29 is 9.53 Å². The summed E-state index contributed by atoms with van der Waals surface area (Å²) in [6.45, 7) is 4.62. The van der Waals surface area contributed by atoms with Crippen molar-refractivity contribution in [3.05, 3.63) is 59.7 Å². The summed E-state index contributed by atoms with van der Waals surface area (Å²) < 4.78 is 5.24. The van der Waals surface area contributed by atoms with Crippen LogP contribution in [0.3, 0.4) is 0 Å². The van der Waals surface area contributed by atoms with Crippen molar-refractivity contribution in [2.45, 2.75) is 36.6 Å². The maximum Gasteiger partial charge on any atom is 0.239 e. The minimum absolute atomic E-state index is 0.0478. The highest BCUT2D eigenvalue weighted by molar-refractivity contribution is 8.00. The van der Waals surface area contributed by atoms with Crippen LogP contribution in [0, 0.1) is 0 Å². The number of thioether (sulfide) groups is 1. The second-order valence-corrected chi connectivity index (χ2v) is 8.07. The molecule has 3 rings (SSSR count). The summed E-state index contributed by atoms with van der Waals surface area (Å²) in [5, 5.41) is 3.62. The quantitative estimate of drug-likeness (QED) is 0.839. The normalized spacial score (nSPS) is 16.7. The highest BCUT2D eigenvalue weighted by Gasteiger charge is 2.21. The molecule has 1 heterocycles. The van der Waals surface area contributed by atoms with E-state index in [1.165, 1.54) is 4.90 Å². The summed E-state index contributed by atoms with van der Waals surface area (Å²) in [5.74, 6) is 0.0478. The van der Waals surface area contributed by atoms with E-state index in [9.17, 15) is 4.79 Å². The highest BCUT2D eigenvalue weighted by atomic mass is 32.2. The summed E-state index contributed by atoms with van der Waals surface area (Å²) in [6.07, 6.45) is 1.07. The number of benzene rings is 2. The largest absolute Gasteiger partial charge is 0.380 e. The Hall–Kier alpha value is -1.98. The molecule has 5 heteroatoms. The van der Waals surface area contributed by atoms with Gasteiger partial charge in [0.25, 0.3) is 0 Å². The molecule has 2 aromatic rings. The summed E-state index contributed by atoms with van der Waals surface area (Å²) in [6, 6.07) is 16.4. The molecule has 0 saturated carbocycles. The lowest BCUT2D eigenvalue weighted by Crippen LogP contribution is -2.37. The van der Waals surface area contributed by atoms with Gasteiger partial charge in [-0.05, 0) is 29.7 Å². The maximum absolute atomic E-state index is 12.6. The summed E-state index contributed by atoms with van der Waals surface area (Å²) in [5.41, 5.74) is 3.38. The summed E-state index contributed by atoms with van der Waals surface area (Å²) in [4.78, 5) is 16.0. The number of methoxy groups -OCH3 is 1. The molecule has 2 aromatic carbocycles. The van der Waals surface area contributed by atoms with Crippen LogP contribution in [0.2, 0.25) is 0 Å². The second kappa shape index (κ2) is 9.10. The number of carbonyl (C=O) groups excluding carboxylic acids is 1. The van der Waals surface area contributed by atoms with E-state index in [1.54, 1.807) is 7.11 Å². The summed E-state index contributed by atoms with van der Waals surface area (Å²) >= 11 is 1.89. The van der Waals surface area contributed by atoms with E-state index in [1.807, 2.05) is 42.1 Å². The molecular weight excluding hydrogens is 344 g/mol. The predicted molar refractivity (Wildman–Crippen MR) is 108 cm³/mol. The van der Waals surface area contributed by atoms with Crippen molar-refractivity contribution in [3.8, 4) is 0 Å². The third-order valence-corrected chi connectivity index (χ3v) is 5.81. The smallest absolute Gasteiger partial charge is 0.239 e. The van der Waals surface area contributed by atoms with E-state index in [2.05, 4.69) is 35.3 Å². The first-order valence-corrected chi connectivity index (χ1v) is 9.88. The van der Waals surface area contributed by atoms with Gasteiger partial charge in [-0.25, -0.2) is 0 Å². The first kappa shape index (κ1) is 18.8. The predicted octanol–water partition coefficient (Wildman–Crippen LogP) is 3.84. The Balaban J connectivity index is 1.63. The number of ether oxygens (including phenoxy) is 1. The molecule has 0 bridgehead atoms. The number of rotatable bonds is 6. The summed E-state index contributed by atoms with van der Waals surface area (Å²) in [7, 11) is 1.69. The van der Waals surface area contributed by atoms with E-state index < -0.39 is 0 Å². The lowest BCUT2D eigenvalue weighted by Gasteiger charge is -2.24. The van der Waals surface area contributed by atoms with Crippen LogP contribution in [0.15, 0.2) is 53.4 Å². The fraction of sp³-hybridized carbons (Fsp3) is 0.381. The van der Waals surface area contributed by atoms with Crippen LogP contribution in [0.1, 0.15) is 24.5 Å². The fourth-order valence-electron chi connectivity index (χ4n) is 3.17. The van der Waals surface area contributed by atoms with Crippen molar-refractivity contribution in [3.63, 3.8) is 0 Å². The first-order valence-electron chi connectivity index (χ1n) is 9.00. The van der Waals surface area contributed by atoms with Crippen molar-refractivity contribution in [2.75, 3.05) is 25.1 Å². The van der Waals surface area contributed by atoms with Gasteiger partial charge >= 0.3 is 0 Å². The van der Waals surface area contributed by atoms with E-state index in [0.717, 1.165) is 29.8 Å². The number of carbonyl (C=O) groups is 1. The van der Waals surface area contributed by atoms with Crippen LogP contribution in [-0.2, 0) is 22.7 Å². The molecular formula is C21H26N2O2S. The van der Waals surface area contributed by atoms with Crippen LogP contribution >= 0.6 is 11.8 Å². The van der Waals surface area contributed by atoms with Gasteiger partial charge < -0.3 is 15.0 Å². The molecule has 0 saturated heterocycles. The standard InChI is InChI=1S/C21H26N2O2S/c1-16-11-12-23(19-9-5-6-10-20(19)26-16)14-21(24)22-13-17-7-3-4-8-18(17)15-25-2/h3-10,16H,11-15H2,1-2H3,(H,22,24)/t16-/m1/s1. The molecule has 0 fully saturated rings. The Morgan fingerprint density at radius 1 is 1.19 bits per heavy atom. The monoisotopic (exact) mass is 370 g/mol. The van der Waals surface area contributed by atoms with E-state index in [0.29, 0.717) is 24.9 Å². The average Bonchev–Trinajstić information content (AvgIpc) is 2.80. The van der Waals surface area contributed by atoms with Crippen molar-refractivity contribution >= 4 is 23.4 Å². The molecule has 138 valence electrons. The van der Waals surface area contributed by atoms with Crippen molar-refractivity contribution in [2.24, 2.45) is 0 Å². The number of fused-ring (bicyclic) bond motifs is 1. The zero-order valence-corrected chi connectivity index (χ0v) is 16.2. The number of para-hydroxylation sites is 1. The zero-order valence-electron chi connectivity index (χ0n) is 15.4. The Morgan fingerprint density at radius 3 is 2.73 bits per heavy atom. The third kappa shape index (κ3) is 4.80. The van der Waals surface area contributed by atoms with Crippen molar-refractivity contribution in [1.82, 2.24) is 5.32 Å². The Labute approximate surface area is 159 Å². The minimum Gasteiger partial charge on any atom is -0.380 e. The van der Waals surface area contributed by atoms with Crippen LogP contribution in [0.5, 0.6) is 0 Å². The fourth-order valence-corrected chi connectivity index (χ4v) is 4.30. The van der Waals surface area contributed by atoms with E-state index in [4.69, 9.17) is 4.74 Å². The van der Waals surface area contributed by atoms with Gasteiger partial charge in [0.15, 0.2) is 0 Å². The topological polar surface area (TPSA) is 41.6 Å². The van der Waals surface area contributed by atoms with Gasteiger partial charge in [-0.2, -0.15) is 0 Å². The molecule has 1 amide bonds. The van der Waals surface area contributed by atoms with Crippen LogP contribution < -0.4 is 10.2 Å². The molecule has 0 aliphatic carbocycles. The zero-order chi connectivity index (χ0) is 18.4. The Morgan fingerprint density at radius 2 is 1.92 bits per heavy atom. The SMILES string of the molecule is COCc1ccccc1CNC(=O)CN1CC[C@@H](C)Sc2ccccc21. The van der Waals surface area contributed by atoms with Gasteiger partial charge in [0.2, 0.25) is 5.91 Å². The molecule has 26 heavy (non-hydrogen) atoms. The van der Waals surface area contributed by atoms with E-state index >= 15 is 0 Å².